The third-order valence-electron chi connectivity index (χ3n) is 3.26. The summed E-state index contributed by atoms with van der Waals surface area (Å²) in [5.41, 5.74) is 6.78. The van der Waals surface area contributed by atoms with Gasteiger partial charge in [-0.15, -0.1) is 0 Å². The first-order valence-corrected chi connectivity index (χ1v) is 6.15. The minimum atomic E-state index is -0.121. The van der Waals surface area contributed by atoms with E-state index in [1.807, 2.05) is 6.92 Å². The van der Waals surface area contributed by atoms with E-state index in [0.29, 0.717) is 0 Å². The largest absolute Gasteiger partial charge is 0.432 e. The molecule has 1 amide bonds. The predicted molar refractivity (Wildman–Crippen MR) is 64.4 cm³/mol. The Hall–Kier alpha value is -1.36. The van der Waals surface area contributed by atoms with Crippen LogP contribution in [0, 0.1) is 12.8 Å². The number of amides is 1. The van der Waals surface area contributed by atoms with Crippen LogP contribution < -0.4 is 11.1 Å². The van der Waals surface area contributed by atoms with Gasteiger partial charge in [-0.1, -0.05) is 19.3 Å². The molecule has 1 saturated carbocycles. The maximum absolute atomic E-state index is 12.0. The quantitative estimate of drug-likeness (QED) is 0.769. The number of carbonyl (C=O) groups is 1. The Morgan fingerprint density at radius 3 is 2.94 bits per heavy atom. The molecule has 1 fully saturated rings. The highest BCUT2D eigenvalue weighted by molar-refractivity contribution is 5.91. The molecule has 0 saturated heterocycles. The molecule has 1 aliphatic carbocycles. The van der Waals surface area contributed by atoms with Gasteiger partial charge in [-0.25, -0.2) is 0 Å². The summed E-state index contributed by atoms with van der Waals surface area (Å²) in [6.07, 6.45) is 6.63. The van der Waals surface area contributed by atoms with Crippen LogP contribution >= 0.6 is 0 Å². The molecule has 0 aromatic carbocycles. The zero-order valence-electron chi connectivity index (χ0n) is 10.1. The molecule has 1 aliphatic rings. The molecule has 0 bridgehead atoms. The van der Waals surface area contributed by atoms with Crippen molar-refractivity contribution in [3.05, 3.63) is 12.0 Å². The van der Waals surface area contributed by atoms with E-state index in [0.717, 1.165) is 37.8 Å². The van der Waals surface area contributed by atoms with E-state index < -0.39 is 0 Å². The smallest absolute Gasteiger partial charge is 0.301 e. The molecule has 94 valence electrons. The first kappa shape index (κ1) is 12.1. The van der Waals surface area contributed by atoms with Gasteiger partial charge in [-0.05, 0) is 19.8 Å². The van der Waals surface area contributed by atoms with Crippen LogP contribution in [0.4, 0.5) is 6.01 Å². The molecule has 0 aliphatic heterocycles. The number of nitrogens with one attached hydrogen (secondary N) is 1. The Morgan fingerprint density at radius 2 is 2.24 bits per heavy atom. The summed E-state index contributed by atoms with van der Waals surface area (Å²) < 4.78 is 5.11. The molecule has 5 nitrogen and oxygen atoms in total. The lowest BCUT2D eigenvalue weighted by atomic mass is 9.95. The fourth-order valence-corrected chi connectivity index (χ4v) is 2.27. The van der Waals surface area contributed by atoms with Crippen molar-refractivity contribution in [3.63, 3.8) is 0 Å². The van der Waals surface area contributed by atoms with E-state index in [2.05, 4.69) is 10.3 Å². The normalized spacial score (nSPS) is 25.3. The molecule has 3 N–H and O–H groups in total. The maximum Gasteiger partial charge on any atom is 0.301 e. The third kappa shape index (κ3) is 3.06. The summed E-state index contributed by atoms with van der Waals surface area (Å²) in [7, 11) is 0. The monoisotopic (exact) mass is 237 g/mol. The van der Waals surface area contributed by atoms with Crippen molar-refractivity contribution in [1.29, 1.82) is 0 Å². The van der Waals surface area contributed by atoms with Gasteiger partial charge in [0, 0.05) is 6.04 Å². The highest BCUT2D eigenvalue weighted by Gasteiger charge is 2.27. The second-order valence-electron chi connectivity index (χ2n) is 4.69. The van der Waals surface area contributed by atoms with Gasteiger partial charge in [0.05, 0.1) is 11.6 Å². The first-order chi connectivity index (χ1) is 8.16. The number of oxazole rings is 1. The molecule has 17 heavy (non-hydrogen) atoms. The Labute approximate surface area is 101 Å². The van der Waals surface area contributed by atoms with E-state index in [4.69, 9.17) is 10.2 Å². The van der Waals surface area contributed by atoms with Gasteiger partial charge in [-0.3, -0.25) is 10.1 Å². The van der Waals surface area contributed by atoms with Gasteiger partial charge in [0.1, 0.15) is 6.26 Å². The zero-order valence-corrected chi connectivity index (χ0v) is 10.1. The van der Waals surface area contributed by atoms with E-state index in [9.17, 15) is 4.79 Å². The molecular weight excluding hydrogens is 218 g/mol. The molecule has 1 heterocycles. The van der Waals surface area contributed by atoms with Crippen LogP contribution in [0.25, 0.3) is 0 Å². The van der Waals surface area contributed by atoms with Crippen molar-refractivity contribution in [3.8, 4) is 0 Å². The van der Waals surface area contributed by atoms with Crippen molar-refractivity contribution in [1.82, 2.24) is 4.98 Å². The van der Waals surface area contributed by atoms with Crippen molar-refractivity contribution in [2.45, 2.75) is 45.1 Å². The summed E-state index contributed by atoms with van der Waals surface area (Å²) in [5.74, 6) is -0.189. The molecule has 2 atom stereocenters. The molecule has 1 aromatic heterocycles. The van der Waals surface area contributed by atoms with Gasteiger partial charge in [0.25, 0.3) is 0 Å². The second-order valence-corrected chi connectivity index (χ2v) is 4.69. The lowest BCUT2D eigenvalue weighted by Gasteiger charge is -2.19. The van der Waals surface area contributed by atoms with Gasteiger partial charge < -0.3 is 10.2 Å². The molecule has 5 heteroatoms. The van der Waals surface area contributed by atoms with Crippen molar-refractivity contribution < 1.29 is 9.21 Å². The number of hydrogen-bond acceptors (Lipinski definition) is 4. The molecule has 1 aromatic rings. The van der Waals surface area contributed by atoms with Crippen molar-refractivity contribution in [2.24, 2.45) is 11.7 Å². The number of aryl methyl sites for hydroxylation is 1. The van der Waals surface area contributed by atoms with E-state index in [1.165, 1.54) is 6.26 Å². The average molecular weight is 237 g/mol. The van der Waals surface area contributed by atoms with Crippen LogP contribution in [0.15, 0.2) is 10.7 Å². The summed E-state index contributed by atoms with van der Waals surface area (Å²) in [6.45, 7) is 1.82. The fraction of sp³-hybridized carbons (Fsp3) is 0.667. The van der Waals surface area contributed by atoms with Crippen LogP contribution in [0.3, 0.4) is 0 Å². The van der Waals surface area contributed by atoms with E-state index in [1.54, 1.807) is 0 Å². The van der Waals surface area contributed by atoms with Crippen molar-refractivity contribution >= 4 is 11.9 Å². The van der Waals surface area contributed by atoms with Gasteiger partial charge in [0.15, 0.2) is 0 Å². The van der Waals surface area contributed by atoms with Crippen LogP contribution in [0.1, 0.15) is 37.8 Å². The zero-order chi connectivity index (χ0) is 12.3. The number of carbonyl (C=O) groups excluding carboxylic acids is 1. The van der Waals surface area contributed by atoms with Gasteiger partial charge in [0.2, 0.25) is 5.91 Å². The molecule has 2 rings (SSSR count). The average Bonchev–Trinajstić information content (AvgIpc) is 2.57. The molecule has 0 spiro atoms. The van der Waals surface area contributed by atoms with E-state index in [-0.39, 0.29) is 23.9 Å². The summed E-state index contributed by atoms with van der Waals surface area (Å²) in [4.78, 5) is 16.1. The van der Waals surface area contributed by atoms with Crippen LogP contribution in [0.2, 0.25) is 0 Å². The molecule has 2 unspecified atom stereocenters. The summed E-state index contributed by atoms with van der Waals surface area (Å²) >= 11 is 0. The Bertz CT molecular complexity index is 389. The lowest BCUT2D eigenvalue weighted by molar-refractivity contribution is -0.120. The molecular formula is C12H19N3O2. The van der Waals surface area contributed by atoms with Gasteiger partial charge in [-0.2, -0.15) is 4.98 Å². The van der Waals surface area contributed by atoms with Crippen LogP contribution in [-0.2, 0) is 4.79 Å². The second kappa shape index (κ2) is 5.31. The highest BCUT2D eigenvalue weighted by Crippen LogP contribution is 2.23. The summed E-state index contributed by atoms with van der Waals surface area (Å²) in [5, 5.41) is 2.69. The lowest BCUT2D eigenvalue weighted by Crippen LogP contribution is -2.37. The SMILES string of the molecule is Cc1coc(NC(=O)C2CCCCCC2N)n1. The standard InChI is InChI=1S/C12H19N3O2/c1-8-7-17-12(14-8)15-11(16)9-5-3-2-4-6-10(9)13/h7,9-10H,2-6,13H2,1H3,(H,14,15,16). The number of anilines is 1. The van der Waals surface area contributed by atoms with Gasteiger partial charge >= 0.3 is 6.01 Å². The number of nitrogens with two attached hydrogens (primary N) is 1. The number of nitrogens with zero attached hydrogens (tertiary/aromatic N) is 1. The number of rotatable bonds is 2. The topological polar surface area (TPSA) is 81.2 Å². The minimum Gasteiger partial charge on any atom is -0.432 e. The predicted octanol–water partition coefficient (Wildman–Crippen LogP) is 1.83. The Balaban J connectivity index is 1.98. The number of aromatic nitrogens is 1. The Morgan fingerprint density at radius 1 is 1.47 bits per heavy atom. The fourth-order valence-electron chi connectivity index (χ4n) is 2.27. The first-order valence-electron chi connectivity index (χ1n) is 6.15. The highest BCUT2D eigenvalue weighted by atomic mass is 16.4. The molecule has 0 radical (unpaired) electrons. The minimum absolute atomic E-state index is 0.0476. The van der Waals surface area contributed by atoms with Crippen molar-refractivity contribution in [2.75, 3.05) is 5.32 Å². The van der Waals surface area contributed by atoms with Crippen LogP contribution in [-0.4, -0.2) is 16.9 Å². The third-order valence-corrected chi connectivity index (χ3v) is 3.26. The summed E-state index contributed by atoms with van der Waals surface area (Å²) in [6, 6.07) is 0.220. The maximum atomic E-state index is 12.0. The number of hydrogen-bond donors (Lipinski definition) is 2. The Kier molecular flexibility index (Phi) is 3.78. The van der Waals surface area contributed by atoms with Crippen LogP contribution in [0.5, 0.6) is 0 Å². The van der Waals surface area contributed by atoms with E-state index >= 15 is 0 Å².